The third kappa shape index (κ3) is 4.56. The first kappa shape index (κ1) is 20.4. The molecule has 0 spiro atoms. The Bertz CT molecular complexity index is 796. The van der Waals surface area contributed by atoms with Crippen LogP contribution in [0.4, 0.5) is 5.13 Å². The lowest BCUT2D eigenvalue weighted by Gasteiger charge is -2.40. The van der Waals surface area contributed by atoms with E-state index in [0.717, 1.165) is 75.2 Å². The van der Waals surface area contributed by atoms with Gasteiger partial charge in [-0.25, -0.2) is 0 Å². The van der Waals surface area contributed by atoms with E-state index in [-0.39, 0.29) is 0 Å². The van der Waals surface area contributed by atoms with Crippen LogP contribution in [0.25, 0.3) is 5.13 Å². The Morgan fingerprint density at radius 3 is 2.40 bits per heavy atom. The molecule has 30 heavy (non-hydrogen) atoms. The quantitative estimate of drug-likeness (QED) is 0.728. The Hall–Kier alpha value is -1.48. The minimum Gasteiger partial charge on any atom is -0.344 e. The highest BCUT2D eigenvalue weighted by Crippen LogP contribution is 2.28. The van der Waals surface area contributed by atoms with Gasteiger partial charge in [0.15, 0.2) is 0 Å². The molecular weight excluding hydrogens is 394 g/mol. The second-order valence-electron chi connectivity index (χ2n) is 9.13. The number of piperazine rings is 2. The molecule has 8 heteroatoms. The van der Waals surface area contributed by atoms with E-state index >= 15 is 0 Å². The number of likely N-dealkylation sites (N-methyl/N-ethyl adjacent to an activating group) is 1. The van der Waals surface area contributed by atoms with E-state index in [0.29, 0.717) is 0 Å². The summed E-state index contributed by atoms with van der Waals surface area (Å²) in [6, 6.07) is 5.18. The normalized spacial score (nSPS) is 23.3. The molecule has 2 aromatic rings. The Labute approximate surface area is 184 Å². The molecule has 0 aromatic carbocycles. The van der Waals surface area contributed by atoms with Crippen molar-refractivity contribution in [3.63, 3.8) is 0 Å². The van der Waals surface area contributed by atoms with Crippen molar-refractivity contribution in [3.05, 3.63) is 24.0 Å². The van der Waals surface area contributed by atoms with Gasteiger partial charge >= 0.3 is 0 Å². The topological polar surface area (TPSA) is 43.7 Å². The van der Waals surface area contributed by atoms with Gasteiger partial charge < -0.3 is 9.80 Å². The van der Waals surface area contributed by atoms with Gasteiger partial charge in [0, 0.05) is 76.8 Å². The number of aromatic nitrogens is 3. The number of hydrogen-bond donors (Lipinski definition) is 0. The Kier molecular flexibility index (Phi) is 6.36. The molecule has 2 saturated heterocycles. The summed E-state index contributed by atoms with van der Waals surface area (Å²) in [4.78, 5) is 10.1. The van der Waals surface area contributed by atoms with Crippen LogP contribution in [0.1, 0.15) is 37.8 Å². The summed E-state index contributed by atoms with van der Waals surface area (Å²) in [6.07, 6.45) is 9.19. The molecule has 3 aliphatic rings. The van der Waals surface area contributed by atoms with E-state index in [1.54, 1.807) is 11.3 Å². The molecule has 0 unspecified atom stereocenters. The number of hydrogen-bond acceptors (Lipinski definition) is 7. The summed E-state index contributed by atoms with van der Waals surface area (Å²) < 4.78 is 2.23. The van der Waals surface area contributed by atoms with Crippen molar-refractivity contribution in [2.45, 2.75) is 44.7 Å². The van der Waals surface area contributed by atoms with Gasteiger partial charge in [-0.05, 0) is 32.0 Å². The predicted molar refractivity (Wildman–Crippen MR) is 123 cm³/mol. The van der Waals surface area contributed by atoms with Gasteiger partial charge in [-0.2, -0.15) is 0 Å². The lowest BCUT2D eigenvalue weighted by molar-refractivity contribution is 0.146. The van der Waals surface area contributed by atoms with Crippen LogP contribution in [0.5, 0.6) is 0 Å². The molecule has 3 fully saturated rings. The van der Waals surface area contributed by atoms with Gasteiger partial charge in [-0.15, -0.1) is 10.2 Å². The smallest absolute Gasteiger partial charge is 0.218 e. The van der Waals surface area contributed by atoms with E-state index in [9.17, 15) is 0 Å². The van der Waals surface area contributed by atoms with Crippen molar-refractivity contribution in [2.24, 2.45) is 0 Å². The summed E-state index contributed by atoms with van der Waals surface area (Å²) >= 11 is 1.73. The van der Waals surface area contributed by atoms with Crippen LogP contribution in [0, 0.1) is 0 Å². The van der Waals surface area contributed by atoms with Crippen LogP contribution in [-0.2, 0) is 6.54 Å². The predicted octanol–water partition coefficient (Wildman–Crippen LogP) is 2.53. The molecule has 0 N–H and O–H groups in total. The number of nitrogens with zero attached hydrogens (tertiary/aromatic N) is 7. The molecule has 1 saturated carbocycles. The van der Waals surface area contributed by atoms with Crippen molar-refractivity contribution in [1.82, 2.24) is 29.5 Å². The largest absolute Gasteiger partial charge is 0.344 e. The van der Waals surface area contributed by atoms with Crippen molar-refractivity contribution < 1.29 is 0 Å². The maximum absolute atomic E-state index is 4.57. The average molecular weight is 430 g/mol. The lowest BCUT2D eigenvalue weighted by Crippen LogP contribution is -2.50. The fourth-order valence-electron chi connectivity index (χ4n) is 5.12. The Morgan fingerprint density at radius 1 is 0.900 bits per heavy atom. The first-order valence-electron chi connectivity index (χ1n) is 11.7. The second-order valence-corrected chi connectivity index (χ2v) is 10.1. The highest BCUT2D eigenvalue weighted by molar-refractivity contribution is 7.17. The van der Waals surface area contributed by atoms with Crippen LogP contribution in [0.2, 0.25) is 0 Å². The first-order chi connectivity index (χ1) is 14.8. The minimum absolute atomic E-state index is 0.822. The van der Waals surface area contributed by atoms with Crippen molar-refractivity contribution in [2.75, 3.05) is 64.3 Å². The Morgan fingerprint density at radius 2 is 1.63 bits per heavy atom. The van der Waals surface area contributed by atoms with Gasteiger partial charge in [0.25, 0.3) is 0 Å². The molecule has 4 heterocycles. The van der Waals surface area contributed by atoms with E-state index in [1.165, 1.54) is 37.8 Å². The zero-order valence-electron chi connectivity index (χ0n) is 18.2. The van der Waals surface area contributed by atoms with Gasteiger partial charge in [0.2, 0.25) is 10.3 Å². The maximum atomic E-state index is 4.57. The minimum atomic E-state index is 0.822. The molecule has 1 aliphatic carbocycles. The molecule has 0 atom stereocenters. The van der Waals surface area contributed by atoms with Crippen molar-refractivity contribution in [3.8, 4) is 5.13 Å². The molecule has 0 bridgehead atoms. The molecule has 7 nitrogen and oxygen atoms in total. The van der Waals surface area contributed by atoms with Gasteiger partial charge in [-0.1, -0.05) is 30.6 Å². The summed E-state index contributed by atoms with van der Waals surface area (Å²) in [6.45, 7) is 10.0. The van der Waals surface area contributed by atoms with Crippen LogP contribution < -0.4 is 4.90 Å². The van der Waals surface area contributed by atoms with Gasteiger partial charge in [0.1, 0.15) is 0 Å². The van der Waals surface area contributed by atoms with E-state index < -0.39 is 0 Å². The summed E-state index contributed by atoms with van der Waals surface area (Å²) in [7, 11) is 2.21. The Balaban J connectivity index is 1.20. The second kappa shape index (κ2) is 9.34. The molecule has 2 aliphatic heterocycles. The molecule has 5 rings (SSSR count). The number of rotatable bonds is 5. The highest BCUT2D eigenvalue weighted by Gasteiger charge is 2.26. The van der Waals surface area contributed by atoms with Crippen LogP contribution in [0.15, 0.2) is 18.3 Å². The highest BCUT2D eigenvalue weighted by atomic mass is 32.1. The van der Waals surface area contributed by atoms with E-state index in [4.69, 9.17) is 0 Å². The summed E-state index contributed by atoms with van der Waals surface area (Å²) in [5, 5.41) is 11.2. The molecule has 0 amide bonds. The molecule has 2 aromatic heterocycles. The maximum Gasteiger partial charge on any atom is 0.218 e. The van der Waals surface area contributed by atoms with Crippen LogP contribution in [-0.4, -0.2) is 94.9 Å². The standard InChI is InChI=1S/C22H35N7S/c1-25-10-12-26(13-11-25)18-20-8-5-9-29(20)22-24-23-21(30-22)28-16-14-27(15-17-28)19-6-3-2-4-7-19/h5,8-9,19H,2-4,6-7,10-18H2,1H3. The van der Waals surface area contributed by atoms with Crippen LogP contribution in [0.3, 0.4) is 0 Å². The first-order valence-corrected chi connectivity index (χ1v) is 12.5. The average Bonchev–Trinajstić information content (AvgIpc) is 3.46. The van der Waals surface area contributed by atoms with E-state index in [2.05, 4.69) is 59.7 Å². The molecular formula is C22H35N7S. The lowest BCUT2D eigenvalue weighted by atomic mass is 9.94. The fraction of sp³-hybridized carbons (Fsp3) is 0.727. The summed E-state index contributed by atoms with van der Waals surface area (Å²) in [5.41, 5.74) is 1.31. The molecule has 164 valence electrons. The number of anilines is 1. The van der Waals surface area contributed by atoms with E-state index in [1.807, 2.05) is 0 Å². The summed E-state index contributed by atoms with van der Waals surface area (Å²) in [5.74, 6) is 0. The zero-order valence-corrected chi connectivity index (χ0v) is 19.1. The fourth-order valence-corrected chi connectivity index (χ4v) is 6.04. The monoisotopic (exact) mass is 429 g/mol. The van der Waals surface area contributed by atoms with Crippen molar-refractivity contribution in [1.29, 1.82) is 0 Å². The van der Waals surface area contributed by atoms with Crippen LogP contribution >= 0.6 is 11.3 Å². The zero-order chi connectivity index (χ0) is 20.3. The van der Waals surface area contributed by atoms with Gasteiger partial charge in [-0.3, -0.25) is 14.4 Å². The molecule has 0 radical (unpaired) electrons. The third-order valence-electron chi connectivity index (χ3n) is 7.10. The van der Waals surface area contributed by atoms with Crippen molar-refractivity contribution >= 4 is 16.5 Å². The SMILES string of the molecule is CN1CCN(Cc2cccn2-c2nnc(N3CCN(C4CCCCC4)CC3)s2)CC1. The third-order valence-corrected chi connectivity index (χ3v) is 8.08. The van der Waals surface area contributed by atoms with Gasteiger partial charge in [0.05, 0.1) is 0 Å².